The lowest BCUT2D eigenvalue weighted by Crippen LogP contribution is -2.39. The van der Waals surface area contributed by atoms with Crippen LogP contribution in [0.15, 0.2) is 11.7 Å². The first-order chi connectivity index (χ1) is 7.59. The number of thiazole rings is 1. The number of aryl methyl sites for hydroxylation is 1. The number of nitrogens with zero attached hydrogens (tertiary/aromatic N) is 1. The number of rotatable bonds is 6. The largest absolute Gasteiger partial charge is 0.480 e. The maximum atomic E-state index is 10.8. The molecule has 0 fully saturated rings. The molecule has 0 spiro atoms. The summed E-state index contributed by atoms with van der Waals surface area (Å²) < 4.78 is 0. The summed E-state index contributed by atoms with van der Waals surface area (Å²) in [5, 5.41) is 11.3. The third-order valence-electron chi connectivity index (χ3n) is 2.08. The molecule has 88 valence electrons. The van der Waals surface area contributed by atoms with E-state index in [9.17, 15) is 9.59 Å². The van der Waals surface area contributed by atoms with Crippen molar-refractivity contribution in [2.45, 2.75) is 32.2 Å². The van der Waals surface area contributed by atoms with Crippen LogP contribution >= 0.6 is 11.3 Å². The van der Waals surface area contributed by atoms with Crippen LogP contribution in [-0.2, 0) is 16.0 Å². The number of hydrogen-bond donors (Lipinski definition) is 2. The molecule has 0 bridgehead atoms. The summed E-state index contributed by atoms with van der Waals surface area (Å²) in [6.45, 7) is 1.32. The fraction of sp³-hybridized carbons (Fsp3) is 0.500. The molecule has 1 atom stereocenters. The van der Waals surface area contributed by atoms with Crippen LogP contribution in [0.2, 0.25) is 0 Å². The average Bonchev–Trinajstić information content (AvgIpc) is 2.68. The minimum Gasteiger partial charge on any atom is -0.480 e. The van der Waals surface area contributed by atoms with Crippen molar-refractivity contribution in [3.8, 4) is 0 Å². The Hall–Kier alpha value is -1.43. The van der Waals surface area contributed by atoms with Gasteiger partial charge in [-0.15, -0.1) is 11.3 Å². The van der Waals surface area contributed by atoms with Gasteiger partial charge in [-0.05, 0) is 19.3 Å². The zero-order chi connectivity index (χ0) is 12.0. The van der Waals surface area contributed by atoms with Crippen LogP contribution in [0.25, 0.3) is 0 Å². The lowest BCUT2D eigenvalue weighted by atomic mass is 10.1. The van der Waals surface area contributed by atoms with Crippen molar-refractivity contribution in [2.75, 3.05) is 0 Å². The molecule has 1 amide bonds. The molecule has 0 radical (unpaired) electrons. The molecule has 0 aliphatic heterocycles. The SMILES string of the molecule is CC(=O)NC(CCCc1cncs1)C(=O)O. The van der Waals surface area contributed by atoms with Gasteiger partial charge >= 0.3 is 5.97 Å². The number of amides is 1. The van der Waals surface area contributed by atoms with Gasteiger partial charge in [0.1, 0.15) is 6.04 Å². The highest BCUT2D eigenvalue weighted by atomic mass is 32.1. The van der Waals surface area contributed by atoms with Crippen molar-refractivity contribution in [3.63, 3.8) is 0 Å². The number of hydrogen-bond acceptors (Lipinski definition) is 4. The average molecular weight is 242 g/mol. The van der Waals surface area contributed by atoms with Crippen LogP contribution in [-0.4, -0.2) is 28.0 Å². The van der Waals surface area contributed by atoms with E-state index < -0.39 is 12.0 Å². The number of carbonyl (C=O) groups is 2. The van der Waals surface area contributed by atoms with E-state index in [0.29, 0.717) is 6.42 Å². The fourth-order valence-corrected chi connectivity index (χ4v) is 1.99. The first-order valence-corrected chi connectivity index (χ1v) is 5.85. The van der Waals surface area contributed by atoms with Gasteiger partial charge in [0, 0.05) is 18.0 Å². The van der Waals surface area contributed by atoms with Gasteiger partial charge in [-0.2, -0.15) is 0 Å². The van der Waals surface area contributed by atoms with Gasteiger partial charge < -0.3 is 10.4 Å². The van der Waals surface area contributed by atoms with Crippen LogP contribution in [0, 0.1) is 0 Å². The molecule has 1 aromatic heterocycles. The van der Waals surface area contributed by atoms with Crippen LogP contribution in [0.1, 0.15) is 24.6 Å². The van der Waals surface area contributed by atoms with E-state index in [1.165, 1.54) is 6.92 Å². The molecule has 0 aliphatic rings. The van der Waals surface area contributed by atoms with Crippen molar-refractivity contribution >= 4 is 23.2 Å². The maximum Gasteiger partial charge on any atom is 0.326 e. The fourth-order valence-electron chi connectivity index (χ4n) is 1.35. The first-order valence-electron chi connectivity index (χ1n) is 4.97. The predicted molar refractivity (Wildman–Crippen MR) is 60.3 cm³/mol. The van der Waals surface area contributed by atoms with Gasteiger partial charge in [-0.3, -0.25) is 9.78 Å². The van der Waals surface area contributed by atoms with E-state index in [0.717, 1.165) is 17.7 Å². The molecular formula is C10H14N2O3S. The quantitative estimate of drug-likeness (QED) is 0.781. The van der Waals surface area contributed by atoms with Crippen molar-refractivity contribution in [2.24, 2.45) is 0 Å². The molecule has 1 aromatic rings. The van der Waals surface area contributed by atoms with Crippen molar-refractivity contribution in [1.82, 2.24) is 10.3 Å². The third-order valence-corrected chi connectivity index (χ3v) is 2.91. The normalized spacial score (nSPS) is 12.1. The van der Waals surface area contributed by atoms with E-state index in [-0.39, 0.29) is 5.91 Å². The second-order valence-electron chi connectivity index (χ2n) is 3.45. The van der Waals surface area contributed by atoms with Crippen LogP contribution in [0.3, 0.4) is 0 Å². The monoisotopic (exact) mass is 242 g/mol. The van der Waals surface area contributed by atoms with E-state index in [4.69, 9.17) is 5.11 Å². The Bertz CT molecular complexity index is 351. The predicted octanol–water partition coefficient (Wildman–Crippen LogP) is 1.06. The molecule has 0 saturated carbocycles. The van der Waals surface area contributed by atoms with E-state index in [1.54, 1.807) is 23.0 Å². The molecule has 1 rings (SSSR count). The zero-order valence-electron chi connectivity index (χ0n) is 8.97. The second kappa shape index (κ2) is 6.22. The third kappa shape index (κ3) is 4.39. The standard InChI is InChI=1S/C10H14N2O3S/c1-7(13)12-9(10(14)15)4-2-3-8-5-11-6-16-8/h5-6,9H,2-4H2,1H3,(H,12,13)(H,14,15). The van der Waals surface area contributed by atoms with E-state index in [1.807, 2.05) is 0 Å². The highest BCUT2D eigenvalue weighted by Gasteiger charge is 2.17. The molecule has 1 unspecified atom stereocenters. The summed E-state index contributed by atoms with van der Waals surface area (Å²) in [5.74, 6) is -1.30. The van der Waals surface area contributed by atoms with E-state index in [2.05, 4.69) is 10.3 Å². The summed E-state index contributed by atoms with van der Waals surface area (Å²) in [6.07, 6.45) is 3.74. The van der Waals surface area contributed by atoms with E-state index >= 15 is 0 Å². The summed E-state index contributed by atoms with van der Waals surface area (Å²) in [7, 11) is 0. The Balaban J connectivity index is 2.32. The number of nitrogens with one attached hydrogen (secondary N) is 1. The highest BCUT2D eigenvalue weighted by Crippen LogP contribution is 2.10. The lowest BCUT2D eigenvalue weighted by Gasteiger charge is -2.12. The molecule has 1 heterocycles. The minimum absolute atomic E-state index is 0.315. The number of aliphatic carboxylic acids is 1. The number of carboxylic acid groups (broad SMARTS) is 1. The van der Waals surface area contributed by atoms with Crippen molar-refractivity contribution in [3.05, 3.63) is 16.6 Å². The molecule has 5 nitrogen and oxygen atoms in total. The van der Waals surface area contributed by atoms with Gasteiger partial charge in [0.15, 0.2) is 0 Å². The van der Waals surface area contributed by atoms with Crippen LogP contribution in [0.5, 0.6) is 0 Å². The molecule has 0 aromatic carbocycles. The summed E-state index contributed by atoms with van der Waals surface area (Å²) in [5.41, 5.74) is 1.75. The Morgan fingerprint density at radius 1 is 1.62 bits per heavy atom. The van der Waals surface area contributed by atoms with Gasteiger partial charge in [0.2, 0.25) is 5.91 Å². The minimum atomic E-state index is -0.987. The van der Waals surface area contributed by atoms with Crippen LogP contribution in [0.4, 0.5) is 0 Å². The number of carboxylic acids is 1. The van der Waals surface area contributed by atoms with Crippen molar-refractivity contribution in [1.29, 1.82) is 0 Å². The Morgan fingerprint density at radius 3 is 2.88 bits per heavy atom. The summed E-state index contributed by atoms with van der Waals surface area (Å²) in [6, 6.07) is -0.787. The molecular weight excluding hydrogens is 228 g/mol. The Kier molecular flexibility index (Phi) is 4.91. The zero-order valence-corrected chi connectivity index (χ0v) is 9.79. The smallest absolute Gasteiger partial charge is 0.326 e. The number of carbonyl (C=O) groups excluding carboxylic acids is 1. The second-order valence-corrected chi connectivity index (χ2v) is 4.42. The molecule has 2 N–H and O–H groups in total. The molecule has 0 aliphatic carbocycles. The first kappa shape index (κ1) is 12.6. The summed E-state index contributed by atoms with van der Waals surface area (Å²) >= 11 is 1.55. The Morgan fingerprint density at radius 2 is 2.38 bits per heavy atom. The molecule has 16 heavy (non-hydrogen) atoms. The summed E-state index contributed by atoms with van der Waals surface area (Å²) in [4.78, 5) is 26.6. The topological polar surface area (TPSA) is 79.3 Å². The van der Waals surface area contributed by atoms with Gasteiger partial charge in [-0.1, -0.05) is 0 Å². The number of aromatic nitrogens is 1. The van der Waals surface area contributed by atoms with Crippen LogP contribution < -0.4 is 5.32 Å². The highest BCUT2D eigenvalue weighted by molar-refractivity contribution is 7.09. The van der Waals surface area contributed by atoms with Gasteiger partial charge in [-0.25, -0.2) is 4.79 Å². The Labute approximate surface area is 97.5 Å². The van der Waals surface area contributed by atoms with Gasteiger partial charge in [0.25, 0.3) is 0 Å². The molecule has 0 saturated heterocycles. The maximum absolute atomic E-state index is 10.8. The molecule has 6 heteroatoms. The van der Waals surface area contributed by atoms with Gasteiger partial charge in [0.05, 0.1) is 5.51 Å². The lowest BCUT2D eigenvalue weighted by molar-refractivity contribution is -0.141. The van der Waals surface area contributed by atoms with Crippen molar-refractivity contribution < 1.29 is 14.7 Å².